The molecule has 1 aromatic rings. The molecule has 132 valence electrons. The fourth-order valence-electron chi connectivity index (χ4n) is 4.14. The third-order valence-corrected chi connectivity index (χ3v) is 5.58. The Hall–Kier alpha value is -1.39. The highest BCUT2D eigenvalue weighted by atomic mass is 16.2. The first-order valence-electron chi connectivity index (χ1n) is 9.80. The summed E-state index contributed by atoms with van der Waals surface area (Å²) in [5.74, 6) is 0.267. The fraction of sp³-hybridized carbons (Fsp3) is 0.650. The van der Waals surface area contributed by atoms with Gasteiger partial charge in [0.05, 0.1) is 26.2 Å². The highest BCUT2D eigenvalue weighted by molar-refractivity contribution is 5.77. The van der Waals surface area contributed by atoms with Gasteiger partial charge in [0.2, 0.25) is 0 Å². The van der Waals surface area contributed by atoms with E-state index in [-0.39, 0.29) is 5.91 Å². The molecule has 0 spiro atoms. The van der Waals surface area contributed by atoms with Gasteiger partial charge in [-0.3, -0.25) is 4.79 Å². The van der Waals surface area contributed by atoms with Crippen molar-refractivity contribution in [3.05, 3.63) is 35.9 Å². The number of carbonyl (C=O) groups is 1. The predicted molar refractivity (Wildman–Crippen MR) is 96.0 cm³/mol. The summed E-state index contributed by atoms with van der Waals surface area (Å²) in [6.07, 6.45) is 7.47. The second-order valence-corrected chi connectivity index (χ2v) is 7.60. The van der Waals surface area contributed by atoms with Crippen molar-refractivity contribution in [1.82, 2.24) is 5.32 Å². The molecule has 2 saturated heterocycles. The summed E-state index contributed by atoms with van der Waals surface area (Å²) < 4.78 is 0. The zero-order valence-electron chi connectivity index (χ0n) is 14.9. The summed E-state index contributed by atoms with van der Waals surface area (Å²) >= 11 is 0. The van der Waals surface area contributed by atoms with Crippen molar-refractivity contribution in [3.8, 4) is 0 Å². The number of hydrogen-bond acceptors (Lipinski definition) is 1. The number of piperidine rings is 1. The van der Waals surface area contributed by atoms with Crippen molar-refractivity contribution < 1.29 is 14.6 Å². The van der Waals surface area contributed by atoms with E-state index in [2.05, 4.69) is 35.6 Å². The molecular formula is C20H33N3O+2. The van der Waals surface area contributed by atoms with Crippen LogP contribution in [0.15, 0.2) is 30.3 Å². The highest BCUT2D eigenvalue weighted by Crippen LogP contribution is 2.02. The minimum atomic E-state index is 0.267. The maximum atomic E-state index is 12.3. The van der Waals surface area contributed by atoms with Gasteiger partial charge >= 0.3 is 0 Å². The van der Waals surface area contributed by atoms with Gasteiger partial charge in [0.1, 0.15) is 6.54 Å². The SMILES string of the molecule is O=C(C[NH+]1CCCCCC1)NC1CC[NH+](Cc2ccccc2)CC1. The Morgan fingerprint density at radius 3 is 2.25 bits per heavy atom. The molecule has 1 amide bonds. The molecule has 0 aromatic heterocycles. The fourth-order valence-corrected chi connectivity index (χ4v) is 4.14. The van der Waals surface area contributed by atoms with Gasteiger partial charge in [0.25, 0.3) is 5.91 Å². The van der Waals surface area contributed by atoms with Gasteiger partial charge in [-0.25, -0.2) is 0 Å². The molecule has 0 unspecified atom stereocenters. The van der Waals surface area contributed by atoms with Gasteiger partial charge in [-0.05, 0) is 25.7 Å². The molecule has 24 heavy (non-hydrogen) atoms. The second kappa shape index (κ2) is 9.19. The van der Waals surface area contributed by atoms with Gasteiger partial charge in [-0.2, -0.15) is 0 Å². The average molecular weight is 332 g/mol. The number of quaternary nitrogens is 2. The Balaban J connectivity index is 1.36. The van der Waals surface area contributed by atoms with Crippen LogP contribution < -0.4 is 15.1 Å². The van der Waals surface area contributed by atoms with Crippen LogP contribution in [0.2, 0.25) is 0 Å². The standard InChI is InChI=1S/C20H31N3O/c24-20(17-22-12-6-1-2-7-13-22)21-19-10-14-23(15-11-19)16-18-8-4-3-5-9-18/h3-5,8-9,19H,1-2,6-7,10-17H2,(H,21,24)/p+2. The number of rotatable bonds is 5. The van der Waals surface area contributed by atoms with E-state index in [0.717, 1.165) is 32.5 Å². The van der Waals surface area contributed by atoms with Gasteiger partial charge in [0.15, 0.2) is 6.54 Å². The maximum absolute atomic E-state index is 12.3. The number of likely N-dealkylation sites (tertiary alicyclic amines) is 2. The van der Waals surface area contributed by atoms with E-state index >= 15 is 0 Å². The summed E-state index contributed by atoms with van der Waals surface area (Å²) in [7, 11) is 0. The summed E-state index contributed by atoms with van der Waals surface area (Å²) in [5, 5.41) is 3.30. The second-order valence-electron chi connectivity index (χ2n) is 7.60. The summed E-state index contributed by atoms with van der Waals surface area (Å²) in [5.41, 5.74) is 1.42. The molecule has 4 heteroatoms. The first kappa shape index (κ1) is 17.4. The molecular weight excluding hydrogens is 298 g/mol. The van der Waals surface area contributed by atoms with Gasteiger partial charge in [-0.15, -0.1) is 0 Å². The van der Waals surface area contributed by atoms with Crippen LogP contribution in [0.25, 0.3) is 0 Å². The van der Waals surface area contributed by atoms with Crippen LogP contribution in [0.1, 0.15) is 44.1 Å². The molecule has 3 N–H and O–H groups in total. The van der Waals surface area contributed by atoms with Crippen molar-refractivity contribution in [1.29, 1.82) is 0 Å². The number of hydrogen-bond donors (Lipinski definition) is 3. The van der Waals surface area contributed by atoms with Crippen LogP contribution in [0.5, 0.6) is 0 Å². The molecule has 0 atom stereocenters. The first-order valence-corrected chi connectivity index (χ1v) is 9.80. The van der Waals surface area contributed by atoms with E-state index in [0.29, 0.717) is 12.6 Å². The van der Waals surface area contributed by atoms with Gasteiger partial charge in [0, 0.05) is 24.4 Å². The molecule has 0 bridgehead atoms. The number of carbonyl (C=O) groups excluding carboxylic acids is 1. The topological polar surface area (TPSA) is 38.0 Å². The summed E-state index contributed by atoms with van der Waals surface area (Å²) in [4.78, 5) is 15.5. The van der Waals surface area contributed by atoms with E-state index in [1.165, 1.54) is 49.2 Å². The van der Waals surface area contributed by atoms with Crippen LogP contribution in [-0.4, -0.2) is 44.7 Å². The number of nitrogens with one attached hydrogen (secondary N) is 3. The van der Waals surface area contributed by atoms with E-state index in [1.54, 1.807) is 4.90 Å². The zero-order chi connectivity index (χ0) is 16.6. The molecule has 2 heterocycles. The number of amides is 1. The lowest BCUT2D eigenvalue weighted by Crippen LogP contribution is -3.13. The predicted octanol–water partition coefficient (Wildman–Crippen LogP) is -0.191. The number of benzene rings is 1. The normalized spacial score (nSPS) is 25.8. The molecule has 2 fully saturated rings. The first-order chi connectivity index (χ1) is 11.8. The van der Waals surface area contributed by atoms with E-state index in [9.17, 15) is 4.79 Å². The van der Waals surface area contributed by atoms with Crippen molar-refractivity contribution in [3.63, 3.8) is 0 Å². The van der Waals surface area contributed by atoms with Crippen molar-refractivity contribution in [2.24, 2.45) is 0 Å². The molecule has 2 aliphatic rings. The lowest BCUT2D eigenvalue weighted by molar-refractivity contribution is -0.918. The minimum absolute atomic E-state index is 0.267. The third-order valence-electron chi connectivity index (χ3n) is 5.58. The van der Waals surface area contributed by atoms with E-state index in [1.807, 2.05) is 0 Å². The minimum Gasteiger partial charge on any atom is -0.348 e. The summed E-state index contributed by atoms with van der Waals surface area (Å²) in [6.45, 7) is 6.46. The molecule has 0 saturated carbocycles. The quantitative estimate of drug-likeness (QED) is 0.687. The highest BCUT2D eigenvalue weighted by Gasteiger charge is 2.25. The van der Waals surface area contributed by atoms with Crippen LogP contribution in [-0.2, 0) is 11.3 Å². The maximum Gasteiger partial charge on any atom is 0.275 e. The molecule has 0 radical (unpaired) electrons. The van der Waals surface area contributed by atoms with Crippen LogP contribution in [0, 0.1) is 0 Å². The lowest BCUT2D eigenvalue weighted by Gasteiger charge is -2.30. The zero-order valence-corrected chi connectivity index (χ0v) is 14.9. The molecule has 2 aliphatic heterocycles. The van der Waals surface area contributed by atoms with E-state index < -0.39 is 0 Å². The smallest absolute Gasteiger partial charge is 0.275 e. The van der Waals surface area contributed by atoms with Crippen LogP contribution in [0.3, 0.4) is 0 Å². The Morgan fingerprint density at radius 2 is 1.58 bits per heavy atom. The van der Waals surface area contributed by atoms with Crippen molar-refractivity contribution >= 4 is 5.91 Å². The monoisotopic (exact) mass is 331 g/mol. The van der Waals surface area contributed by atoms with Crippen LogP contribution in [0.4, 0.5) is 0 Å². The average Bonchev–Trinajstić information content (AvgIpc) is 2.86. The Labute approximate surface area is 146 Å². The van der Waals surface area contributed by atoms with E-state index in [4.69, 9.17) is 0 Å². The molecule has 1 aromatic carbocycles. The van der Waals surface area contributed by atoms with Crippen molar-refractivity contribution in [2.75, 3.05) is 32.7 Å². The van der Waals surface area contributed by atoms with Gasteiger partial charge in [-0.1, -0.05) is 30.3 Å². The Bertz CT molecular complexity index is 489. The third kappa shape index (κ3) is 5.60. The largest absolute Gasteiger partial charge is 0.348 e. The Morgan fingerprint density at radius 1 is 0.917 bits per heavy atom. The van der Waals surface area contributed by atoms with Gasteiger partial charge < -0.3 is 15.1 Å². The molecule has 3 rings (SSSR count). The molecule has 0 aliphatic carbocycles. The lowest BCUT2D eigenvalue weighted by atomic mass is 10.0. The molecule has 4 nitrogen and oxygen atoms in total. The van der Waals surface area contributed by atoms with Crippen LogP contribution >= 0.6 is 0 Å². The van der Waals surface area contributed by atoms with Crippen molar-refractivity contribution in [2.45, 2.75) is 51.1 Å². The summed E-state index contributed by atoms with van der Waals surface area (Å²) in [6, 6.07) is 11.1. The Kier molecular flexibility index (Phi) is 6.67.